The van der Waals surface area contributed by atoms with E-state index in [0.29, 0.717) is 11.8 Å². The van der Waals surface area contributed by atoms with E-state index in [4.69, 9.17) is 4.42 Å². The number of hydrogen-bond acceptors (Lipinski definition) is 1. The smallest absolute Gasteiger partial charge is 0.137 e. The molecule has 2 heterocycles. The Hall–Kier alpha value is -2.56. The van der Waals surface area contributed by atoms with Crippen LogP contribution in [0.25, 0.3) is 49.4 Å². The van der Waals surface area contributed by atoms with E-state index >= 15 is 0 Å². The highest BCUT2D eigenvalue weighted by Crippen LogP contribution is 2.57. The number of fused-ring (bicyclic) bond motifs is 9. The van der Waals surface area contributed by atoms with E-state index in [1.807, 2.05) is 0 Å². The molecule has 4 heteroatoms. The van der Waals surface area contributed by atoms with Gasteiger partial charge in [0.25, 0.3) is 0 Å². The summed E-state index contributed by atoms with van der Waals surface area (Å²) in [6.45, 7) is 9.73. The van der Waals surface area contributed by atoms with E-state index in [1.165, 1.54) is 91.2 Å². The average molecular weight is 682 g/mol. The first-order valence-electron chi connectivity index (χ1n) is 15.6. The van der Waals surface area contributed by atoms with E-state index in [-0.39, 0.29) is 10.8 Å². The van der Waals surface area contributed by atoms with Gasteiger partial charge in [-0.25, -0.2) is 0 Å². The Bertz CT molecular complexity index is 2130. The predicted octanol–water partition coefficient (Wildman–Crippen LogP) is 12.3. The Morgan fingerprint density at radius 1 is 0.690 bits per heavy atom. The van der Waals surface area contributed by atoms with Crippen LogP contribution in [-0.4, -0.2) is 4.57 Å². The zero-order chi connectivity index (χ0) is 28.7. The minimum atomic E-state index is 0.0947. The van der Waals surface area contributed by atoms with E-state index in [2.05, 4.69) is 119 Å². The fraction of sp³-hybridized carbons (Fsp3) is 0.368. The van der Waals surface area contributed by atoms with Crippen molar-refractivity contribution < 1.29 is 4.42 Å². The van der Waals surface area contributed by atoms with E-state index in [9.17, 15) is 0 Å². The fourth-order valence-corrected chi connectivity index (χ4v) is 11.0. The molecule has 2 nitrogen and oxygen atoms in total. The summed E-state index contributed by atoms with van der Waals surface area (Å²) in [5.41, 5.74) is 12.0. The number of rotatable bonds is 1. The van der Waals surface area contributed by atoms with Crippen LogP contribution in [0.15, 0.2) is 68.0 Å². The van der Waals surface area contributed by atoms with E-state index in [0.717, 1.165) is 16.9 Å². The molecule has 10 rings (SSSR count). The third-order valence-corrected chi connectivity index (χ3v) is 12.8. The molecule has 1 fully saturated rings. The molecule has 4 aliphatic carbocycles. The number of furan rings is 1. The van der Waals surface area contributed by atoms with Crippen molar-refractivity contribution >= 4 is 75.6 Å². The number of nitrogens with zero attached hydrogens (tertiary/aromatic N) is 1. The summed E-state index contributed by atoms with van der Waals surface area (Å²) >= 11 is 8.55. The molecule has 4 aromatic carbocycles. The lowest BCUT2D eigenvalue weighted by Gasteiger charge is -2.42. The number of para-hydroxylation sites is 1. The number of halogens is 2. The van der Waals surface area contributed by atoms with Gasteiger partial charge in [-0.05, 0) is 146 Å². The van der Waals surface area contributed by atoms with Gasteiger partial charge >= 0.3 is 0 Å². The maximum Gasteiger partial charge on any atom is 0.137 e. The summed E-state index contributed by atoms with van der Waals surface area (Å²) in [6, 6.07) is 20.3. The molecule has 2 bridgehead atoms. The molecule has 0 aliphatic heterocycles. The lowest BCUT2D eigenvalue weighted by Crippen LogP contribution is -2.34. The minimum absolute atomic E-state index is 0.0947. The molecular formula is C38H35Br2NO. The van der Waals surface area contributed by atoms with Crippen molar-refractivity contribution in [2.75, 3.05) is 0 Å². The third kappa shape index (κ3) is 3.32. The van der Waals surface area contributed by atoms with Gasteiger partial charge in [0.15, 0.2) is 0 Å². The molecule has 0 saturated heterocycles. The van der Waals surface area contributed by atoms with Crippen LogP contribution < -0.4 is 0 Å². The first kappa shape index (κ1) is 25.9. The molecule has 0 amide bonds. The number of aromatic nitrogens is 1. The summed E-state index contributed by atoms with van der Waals surface area (Å²) in [7, 11) is 0. The largest absolute Gasteiger partial charge is 0.456 e. The molecule has 0 N–H and O–H groups in total. The highest BCUT2D eigenvalue weighted by atomic mass is 79.9. The van der Waals surface area contributed by atoms with E-state index in [1.54, 1.807) is 11.1 Å². The Morgan fingerprint density at radius 2 is 1.36 bits per heavy atom. The van der Waals surface area contributed by atoms with Gasteiger partial charge in [-0.15, -0.1) is 0 Å². The molecule has 0 spiro atoms. The van der Waals surface area contributed by atoms with Crippen molar-refractivity contribution in [3.8, 4) is 5.69 Å². The van der Waals surface area contributed by atoms with Crippen molar-refractivity contribution in [1.82, 2.24) is 4.57 Å². The van der Waals surface area contributed by atoms with Crippen LogP contribution >= 0.6 is 31.9 Å². The molecular weight excluding hydrogens is 646 g/mol. The summed E-state index contributed by atoms with van der Waals surface area (Å²) in [4.78, 5) is 0. The second-order valence-corrected chi connectivity index (χ2v) is 16.1. The number of benzene rings is 4. The first-order valence-corrected chi connectivity index (χ1v) is 17.2. The van der Waals surface area contributed by atoms with Crippen molar-refractivity contribution in [2.24, 2.45) is 0 Å². The normalized spacial score (nSPS) is 22.3. The van der Waals surface area contributed by atoms with E-state index < -0.39 is 0 Å². The molecule has 0 unspecified atom stereocenters. The Balaban J connectivity index is 1.46. The van der Waals surface area contributed by atoms with Gasteiger partial charge in [-0.2, -0.15) is 0 Å². The van der Waals surface area contributed by atoms with Crippen LogP contribution in [0, 0.1) is 0 Å². The van der Waals surface area contributed by atoms with Gasteiger partial charge in [0, 0.05) is 36.6 Å². The zero-order valence-electron chi connectivity index (χ0n) is 24.7. The SMILES string of the molecule is CC1(C)CCC(C)(C)c2c1cc1c3cc4c(c(Br)c3n(-c3ccc5c(c3)oc3ccccc35)c1c2Br)C1CCC4CC1. The molecule has 212 valence electrons. The molecule has 1 saturated carbocycles. The Kier molecular flexibility index (Phi) is 5.26. The molecule has 4 aliphatic rings. The van der Waals surface area contributed by atoms with Gasteiger partial charge in [0.1, 0.15) is 11.2 Å². The predicted molar refractivity (Wildman–Crippen MR) is 183 cm³/mol. The molecule has 2 aromatic heterocycles. The maximum absolute atomic E-state index is 6.42. The summed E-state index contributed by atoms with van der Waals surface area (Å²) in [5, 5.41) is 5.07. The minimum Gasteiger partial charge on any atom is -0.456 e. The standard InChI is InChI=1S/C38H35Br2NO/c1-37(2)15-16-38(3,4)32-28(37)19-27-26-18-25-20-9-11-21(12-10-20)31(25)33(39)35(26)41(36(27)34(32)40)22-13-14-24-23-7-5-6-8-29(23)42-30(24)17-22/h5-8,13-14,17-21H,9-12,15-16H2,1-4H3. The van der Waals surface area contributed by atoms with Crippen molar-refractivity contribution in [3.05, 3.63) is 85.8 Å². The molecule has 0 radical (unpaired) electrons. The van der Waals surface area contributed by atoms with Crippen LogP contribution in [0.3, 0.4) is 0 Å². The third-order valence-electron chi connectivity index (χ3n) is 11.3. The van der Waals surface area contributed by atoms with Crippen molar-refractivity contribution in [2.45, 2.75) is 88.9 Å². The lowest BCUT2D eigenvalue weighted by atomic mass is 9.63. The van der Waals surface area contributed by atoms with Crippen molar-refractivity contribution in [3.63, 3.8) is 0 Å². The van der Waals surface area contributed by atoms with Gasteiger partial charge in [0.05, 0.1) is 16.7 Å². The van der Waals surface area contributed by atoms with Gasteiger partial charge in [-0.3, -0.25) is 0 Å². The average Bonchev–Trinajstić information content (AvgIpc) is 3.52. The first-order chi connectivity index (χ1) is 20.1. The van der Waals surface area contributed by atoms with Gasteiger partial charge in [-0.1, -0.05) is 45.9 Å². The van der Waals surface area contributed by atoms with Gasteiger partial charge < -0.3 is 8.98 Å². The quantitative estimate of drug-likeness (QED) is 0.169. The molecule has 6 aromatic rings. The Morgan fingerprint density at radius 3 is 2.17 bits per heavy atom. The molecule has 0 atom stereocenters. The van der Waals surface area contributed by atoms with Crippen LogP contribution in [0.1, 0.15) is 100 Å². The molecule has 42 heavy (non-hydrogen) atoms. The summed E-state index contributed by atoms with van der Waals surface area (Å²) < 4.78 is 11.5. The lowest BCUT2D eigenvalue weighted by molar-refractivity contribution is 0.331. The summed E-state index contributed by atoms with van der Waals surface area (Å²) in [5.74, 6) is 1.34. The van der Waals surface area contributed by atoms with Gasteiger partial charge in [0.2, 0.25) is 0 Å². The topological polar surface area (TPSA) is 18.1 Å². The second-order valence-electron chi connectivity index (χ2n) is 14.5. The summed E-state index contributed by atoms with van der Waals surface area (Å²) in [6.07, 6.45) is 7.67. The fourth-order valence-electron chi connectivity index (χ4n) is 8.91. The maximum atomic E-state index is 6.42. The monoisotopic (exact) mass is 679 g/mol. The highest BCUT2D eigenvalue weighted by Gasteiger charge is 2.41. The Labute approximate surface area is 263 Å². The highest BCUT2D eigenvalue weighted by molar-refractivity contribution is 9.11. The van der Waals surface area contributed by atoms with Crippen LogP contribution in [0.4, 0.5) is 0 Å². The second kappa shape index (κ2) is 8.54. The van der Waals surface area contributed by atoms with Crippen LogP contribution in [0.2, 0.25) is 0 Å². The van der Waals surface area contributed by atoms with Crippen molar-refractivity contribution in [1.29, 1.82) is 0 Å². The number of hydrogen-bond donors (Lipinski definition) is 0. The van der Waals surface area contributed by atoms with Crippen LogP contribution in [0.5, 0.6) is 0 Å². The zero-order valence-corrected chi connectivity index (χ0v) is 27.9. The van der Waals surface area contributed by atoms with Crippen LogP contribution in [-0.2, 0) is 10.8 Å².